The zero-order chi connectivity index (χ0) is 19.3. The second-order valence-corrected chi connectivity index (χ2v) is 6.96. The Kier molecular flexibility index (Phi) is 5.22. The molecule has 0 heterocycles. The monoisotopic (exact) mass is 378 g/mol. The van der Waals surface area contributed by atoms with Gasteiger partial charge in [-0.05, 0) is 39.9 Å². The molecule has 0 fully saturated rings. The molecule has 0 N–H and O–H groups in total. The van der Waals surface area contributed by atoms with E-state index < -0.39 is 0 Å². The fourth-order valence-electron chi connectivity index (χ4n) is 3.20. The molecule has 134 valence electrons. The minimum Gasteiger partial charge on any atom is -0.288 e. The third kappa shape index (κ3) is 3.83. The van der Waals surface area contributed by atoms with Gasteiger partial charge in [-0.3, -0.25) is 4.79 Å². The van der Waals surface area contributed by atoms with Crippen molar-refractivity contribution < 1.29 is 4.79 Å². The molecule has 0 aliphatic heterocycles. The number of carbonyl (C=O) groups excluding carboxylic acids is 1. The van der Waals surface area contributed by atoms with E-state index in [0.717, 1.165) is 27.8 Å². The highest BCUT2D eigenvalue weighted by atomic mass is 32.1. The van der Waals surface area contributed by atoms with Gasteiger partial charge in [-0.2, -0.15) is 0 Å². The van der Waals surface area contributed by atoms with Gasteiger partial charge in [0.2, 0.25) is 5.78 Å². The number of thiocarbonyl (C=S) groups is 1. The predicted octanol–water partition coefficient (Wildman–Crippen LogP) is 6.62. The number of hydrogen-bond donors (Lipinski definition) is 0. The number of ketones is 1. The van der Waals surface area contributed by atoms with Gasteiger partial charge < -0.3 is 0 Å². The highest BCUT2D eigenvalue weighted by Gasteiger charge is 2.15. The second-order valence-electron chi connectivity index (χ2n) is 6.55. The van der Waals surface area contributed by atoms with Gasteiger partial charge in [0.15, 0.2) is 0 Å². The summed E-state index contributed by atoms with van der Waals surface area (Å²) in [7, 11) is 0. The maximum atomic E-state index is 13.0. The van der Waals surface area contributed by atoms with Crippen molar-refractivity contribution in [2.75, 3.05) is 0 Å². The summed E-state index contributed by atoms with van der Waals surface area (Å²) in [6.45, 7) is 0. The number of carbonyl (C=O) groups is 1. The molecule has 28 heavy (non-hydrogen) atoms. The maximum Gasteiger partial charge on any atom is 0.204 e. The van der Waals surface area contributed by atoms with Crippen LogP contribution in [0.25, 0.3) is 22.3 Å². The van der Waals surface area contributed by atoms with E-state index >= 15 is 0 Å². The first-order valence-corrected chi connectivity index (χ1v) is 9.53. The fraction of sp³-hybridized carbons (Fsp3) is 0. The molecule has 0 atom stereocenters. The van der Waals surface area contributed by atoms with Crippen LogP contribution in [0.1, 0.15) is 15.9 Å². The normalized spacial score (nSPS) is 10.4. The van der Waals surface area contributed by atoms with Crippen molar-refractivity contribution in [1.29, 1.82) is 0 Å². The molecule has 0 bridgehead atoms. The third-order valence-electron chi connectivity index (χ3n) is 4.67. The van der Waals surface area contributed by atoms with Crippen molar-refractivity contribution in [2.24, 2.45) is 0 Å². The maximum absolute atomic E-state index is 13.0. The summed E-state index contributed by atoms with van der Waals surface area (Å²) in [5, 5.41) is 0. The third-order valence-corrected chi connectivity index (χ3v) is 5.09. The first-order valence-electron chi connectivity index (χ1n) is 9.12. The minimum atomic E-state index is -0.127. The van der Waals surface area contributed by atoms with Gasteiger partial charge in [0.25, 0.3) is 0 Å². The Morgan fingerprint density at radius 2 is 0.929 bits per heavy atom. The Morgan fingerprint density at radius 3 is 1.46 bits per heavy atom. The van der Waals surface area contributed by atoms with Crippen molar-refractivity contribution >= 4 is 22.9 Å². The van der Waals surface area contributed by atoms with E-state index in [9.17, 15) is 4.79 Å². The molecule has 0 aliphatic rings. The van der Waals surface area contributed by atoms with Gasteiger partial charge in [-0.25, -0.2) is 0 Å². The SMILES string of the molecule is O=C(C(=S)c1cccc(-c2ccccc2)c1)c1cccc(-c2ccccc2)c1. The van der Waals surface area contributed by atoms with Crippen LogP contribution < -0.4 is 0 Å². The van der Waals surface area contributed by atoms with Gasteiger partial charge >= 0.3 is 0 Å². The Hall–Kier alpha value is -3.36. The van der Waals surface area contributed by atoms with Crippen LogP contribution in [0.2, 0.25) is 0 Å². The van der Waals surface area contributed by atoms with Crippen molar-refractivity contribution in [3.63, 3.8) is 0 Å². The lowest BCUT2D eigenvalue weighted by molar-refractivity contribution is 0.106. The molecular weight excluding hydrogens is 360 g/mol. The molecular formula is C26H18OS. The summed E-state index contributed by atoms with van der Waals surface area (Å²) in [5.74, 6) is -0.127. The summed E-state index contributed by atoms with van der Waals surface area (Å²) in [6.07, 6.45) is 0. The van der Waals surface area contributed by atoms with Crippen LogP contribution in [0.5, 0.6) is 0 Å². The van der Waals surface area contributed by atoms with E-state index in [1.54, 1.807) is 0 Å². The molecule has 0 saturated carbocycles. The van der Waals surface area contributed by atoms with E-state index in [1.165, 1.54) is 0 Å². The molecule has 4 aromatic rings. The fourth-order valence-corrected chi connectivity index (χ4v) is 3.45. The Labute approximate surface area is 170 Å². The molecule has 0 unspecified atom stereocenters. The first-order chi connectivity index (χ1) is 13.7. The summed E-state index contributed by atoms with van der Waals surface area (Å²) < 4.78 is 0. The minimum absolute atomic E-state index is 0.127. The Bertz CT molecular complexity index is 1040. The molecule has 4 rings (SSSR count). The molecule has 0 saturated heterocycles. The number of Topliss-reactive ketones (excluding diaryl/α,β-unsaturated/α-hetero) is 1. The lowest BCUT2D eigenvalue weighted by Gasteiger charge is -2.08. The molecule has 0 aromatic heterocycles. The van der Waals surface area contributed by atoms with Gasteiger partial charge in [0.1, 0.15) is 0 Å². The van der Waals surface area contributed by atoms with Crippen LogP contribution in [0.15, 0.2) is 109 Å². The van der Waals surface area contributed by atoms with Crippen LogP contribution in [-0.2, 0) is 0 Å². The van der Waals surface area contributed by atoms with Crippen molar-refractivity contribution in [1.82, 2.24) is 0 Å². The van der Waals surface area contributed by atoms with Gasteiger partial charge in [-0.1, -0.05) is 109 Å². The zero-order valence-electron chi connectivity index (χ0n) is 15.2. The van der Waals surface area contributed by atoms with Gasteiger partial charge in [0.05, 0.1) is 4.86 Å². The van der Waals surface area contributed by atoms with Gasteiger partial charge in [0, 0.05) is 5.56 Å². The zero-order valence-corrected chi connectivity index (χ0v) is 16.0. The highest BCUT2D eigenvalue weighted by molar-refractivity contribution is 7.82. The van der Waals surface area contributed by atoms with Crippen molar-refractivity contribution in [2.45, 2.75) is 0 Å². The van der Waals surface area contributed by atoms with Crippen LogP contribution in [0, 0.1) is 0 Å². The molecule has 2 heteroatoms. The van der Waals surface area contributed by atoms with Crippen molar-refractivity contribution in [3.8, 4) is 22.3 Å². The number of hydrogen-bond acceptors (Lipinski definition) is 2. The predicted molar refractivity (Wildman–Crippen MR) is 120 cm³/mol. The summed E-state index contributed by atoms with van der Waals surface area (Å²) in [5.41, 5.74) is 5.61. The number of rotatable bonds is 5. The van der Waals surface area contributed by atoms with E-state index in [0.29, 0.717) is 10.4 Å². The molecule has 0 amide bonds. The summed E-state index contributed by atoms with van der Waals surface area (Å²) in [4.78, 5) is 13.4. The average Bonchev–Trinajstić information content (AvgIpc) is 2.79. The van der Waals surface area contributed by atoms with Gasteiger partial charge in [-0.15, -0.1) is 0 Å². The van der Waals surface area contributed by atoms with Crippen LogP contribution in [0.4, 0.5) is 0 Å². The average molecular weight is 378 g/mol. The molecule has 0 radical (unpaired) electrons. The lowest BCUT2D eigenvalue weighted by Crippen LogP contribution is -2.13. The molecule has 0 aliphatic carbocycles. The summed E-state index contributed by atoms with van der Waals surface area (Å²) in [6, 6.07) is 35.6. The lowest BCUT2D eigenvalue weighted by atomic mass is 9.96. The molecule has 0 spiro atoms. The standard InChI is InChI=1S/C26H18OS/c27-25(23-15-7-13-21(17-23)19-9-3-1-4-10-19)26(28)24-16-8-14-22(18-24)20-11-5-2-6-12-20/h1-18H. The van der Waals surface area contributed by atoms with Crippen molar-refractivity contribution in [3.05, 3.63) is 120 Å². The van der Waals surface area contributed by atoms with E-state index in [1.807, 2.05) is 109 Å². The van der Waals surface area contributed by atoms with Crippen LogP contribution >= 0.6 is 12.2 Å². The largest absolute Gasteiger partial charge is 0.288 e. The van der Waals surface area contributed by atoms with E-state index in [2.05, 4.69) is 0 Å². The van der Waals surface area contributed by atoms with Crippen LogP contribution in [-0.4, -0.2) is 10.6 Å². The summed E-state index contributed by atoms with van der Waals surface area (Å²) >= 11 is 5.55. The second kappa shape index (κ2) is 8.12. The quantitative estimate of drug-likeness (QED) is 0.287. The van der Waals surface area contributed by atoms with E-state index in [-0.39, 0.29) is 5.78 Å². The molecule has 1 nitrogen and oxygen atoms in total. The Balaban J connectivity index is 1.64. The van der Waals surface area contributed by atoms with E-state index in [4.69, 9.17) is 12.2 Å². The number of benzene rings is 4. The highest BCUT2D eigenvalue weighted by Crippen LogP contribution is 2.23. The smallest absolute Gasteiger partial charge is 0.204 e. The topological polar surface area (TPSA) is 17.1 Å². The van der Waals surface area contributed by atoms with Crippen LogP contribution in [0.3, 0.4) is 0 Å². The molecule has 4 aromatic carbocycles. The Morgan fingerprint density at radius 1 is 0.500 bits per heavy atom. The first kappa shape index (κ1) is 18.0.